The zero-order chi connectivity index (χ0) is 42.5. The highest BCUT2D eigenvalue weighted by molar-refractivity contribution is 5.75. The van der Waals surface area contributed by atoms with Crippen molar-refractivity contribution in [2.45, 2.75) is 75.7 Å². The Morgan fingerprint density at radius 1 is 0.617 bits per heavy atom. The summed E-state index contributed by atoms with van der Waals surface area (Å²) < 4.78 is 24.8. The van der Waals surface area contributed by atoms with Gasteiger partial charge in [-0.15, -0.1) is 0 Å². The van der Waals surface area contributed by atoms with Crippen LogP contribution in [0.3, 0.4) is 0 Å². The maximum atomic E-state index is 12.9. The summed E-state index contributed by atoms with van der Waals surface area (Å²) in [6, 6.07) is 25.1. The van der Waals surface area contributed by atoms with Gasteiger partial charge in [0.15, 0.2) is 0 Å². The normalized spacial score (nSPS) is 20.7. The summed E-state index contributed by atoms with van der Waals surface area (Å²) >= 11 is 0. The number of carbonyl (C=O) groups is 2. The molecule has 0 radical (unpaired) electrons. The van der Waals surface area contributed by atoms with Gasteiger partial charge in [-0.25, -0.2) is 0 Å². The first kappa shape index (κ1) is 40.1. The molecule has 2 spiro atoms. The number of anilines is 2. The summed E-state index contributed by atoms with van der Waals surface area (Å²) in [5.41, 5.74) is 2.19. The van der Waals surface area contributed by atoms with Crippen LogP contribution in [-0.2, 0) is 29.9 Å². The summed E-state index contributed by atoms with van der Waals surface area (Å²) in [4.78, 5) is 51.9. The van der Waals surface area contributed by atoms with Gasteiger partial charge in [-0.3, -0.25) is 29.8 Å². The van der Waals surface area contributed by atoms with Crippen molar-refractivity contribution in [3.05, 3.63) is 140 Å². The van der Waals surface area contributed by atoms with E-state index >= 15 is 0 Å². The largest absolute Gasteiger partial charge is 0.464 e. The number of fused-ring (bicyclic) bond motifs is 4. The second-order valence-electron chi connectivity index (χ2n) is 16.5. The minimum absolute atomic E-state index is 0.0195. The van der Waals surface area contributed by atoms with Gasteiger partial charge < -0.3 is 28.7 Å². The number of unbranched alkanes of at least 4 members (excludes halogenated alkanes) is 1. The first-order valence-corrected chi connectivity index (χ1v) is 20.1. The summed E-state index contributed by atoms with van der Waals surface area (Å²) in [6.45, 7) is 9.22. The van der Waals surface area contributed by atoms with Crippen LogP contribution < -0.4 is 19.3 Å². The molecule has 4 aromatic carbocycles. The van der Waals surface area contributed by atoms with E-state index in [1.165, 1.54) is 24.3 Å². The number of carbonyl (C=O) groups excluding carboxylic acids is 2. The van der Waals surface area contributed by atoms with Crippen LogP contribution in [0, 0.1) is 20.2 Å². The standard InChI is InChI=1S/C46H46N4O10/c1-43(2)35-11-5-7-13-37(35)47(45(43)23-21-31-29-33(49(53)54)17-19-39(31)59-45)25-27-57-41(51)15-9-10-16-42(52)58-28-26-48-38-14-8-6-12-36(38)44(3,4)46(48)24-22-32-30-34(50(55)56)18-20-40(32)60-46/h5-8,11-14,17-24,29-30H,9-10,15-16,25-28H2,1-4H3. The van der Waals surface area contributed by atoms with E-state index in [9.17, 15) is 29.8 Å². The molecule has 0 saturated carbocycles. The molecule has 4 heterocycles. The van der Waals surface area contributed by atoms with Gasteiger partial charge in [0.2, 0.25) is 11.4 Å². The molecular formula is C46H46N4O10. The van der Waals surface area contributed by atoms with E-state index in [1.807, 2.05) is 60.7 Å². The van der Waals surface area contributed by atoms with Crippen LogP contribution in [-0.4, -0.2) is 59.5 Å². The molecule has 4 aliphatic heterocycles. The number of hydrogen-bond donors (Lipinski definition) is 0. The van der Waals surface area contributed by atoms with Gasteiger partial charge in [-0.2, -0.15) is 0 Å². The highest BCUT2D eigenvalue weighted by Crippen LogP contribution is 2.56. The predicted molar refractivity (Wildman–Crippen MR) is 225 cm³/mol. The molecule has 4 aromatic rings. The van der Waals surface area contributed by atoms with Crippen LogP contribution in [0.4, 0.5) is 22.7 Å². The number of non-ortho nitro benzene ring substituents is 2. The smallest absolute Gasteiger partial charge is 0.305 e. The zero-order valence-electron chi connectivity index (χ0n) is 33.9. The van der Waals surface area contributed by atoms with Crippen molar-refractivity contribution in [3.8, 4) is 11.5 Å². The van der Waals surface area contributed by atoms with Crippen molar-refractivity contribution < 1.29 is 38.4 Å². The number of ether oxygens (including phenoxy) is 4. The first-order chi connectivity index (χ1) is 28.7. The molecule has 0 amide bonds. The van der Waals surface area contributed by atoms with Crippen molar-refractivity contribution in [2.24, 2.45) is 0 Å². The molecule has 0 N–H and O–H groups in total. The monoisotopic (exact) mass is 814 g/mol. The highest BCUT2D eigenvalue weighted by atomic mass is 16.6. The van der Waals surface area contributed by atoms with Gasteiger partial charge in [-0.05, 0) is 100 Å². The number of hydrogen-bond acceptors (Lipinski definition) is 12. The van der Waals surface area contributed by atoms with Crippen LogP contribution in [0.15, 0.2) is 97.1 Å². The molecule has 0 aromatic heterocycles. The molecular weight excluding hydrogens is 769 g/mol. The third kappa shape index (κ3) is 6.59. The van der Waals surface area contributed by atoms with Gasteiger partial charge in [0, 0.05) is 59.6 Å². The number of benzene rings is 4. The molecule has 8 rings (SSSR count). The molecule has 14 heteroatoms. The van der Waals surface area contributed by atoms with E-state index in [4.69, 9.17) is 18.9 Å². The number of esters is 2. The van der Waals surface area contributed by atoms with Crippen LogP contribution in [0.25, 0.3) is 12.2 Å². The maximum Gasteiger partial charge on any atom is 0.305 e. The summed E-state index contributed by atoms with van der Waals surface area (Å²) in [7, 11) is 0. The van der Waals surface area contributed by atoms with E-state index in [0.717, 1.165) is 22.5 Å². The molecule has 0 aliphatic carbocycles. The Morgan fingerprint density at radius 2 is 1.02 bits per heavy atom. The lowest BCUT2D eigenvalue weighted by Crippen LogP contribution is -2.60. The molecule has 2 atom stereocenters. The number of nitrogens with zero attached hydrogens (tertiary/aromatic N) is 4. The topological polar surface area (TPSA) is 164 Å². The fourth-order valence-electron chi connectivity index (χ4n) is 9.17. The number of nitro benzene ring substituents is 2. The fourth-order valence-corrected chi connectivity index (χ4v) is 9.17. The molecule has 4 aliphatic rings. The van der Waals surface area contributed by atoms with Crippen molar-refractivity contribution in [1.82, 2.24) is 0 Å². The minimum Gasteiger partial charge on any atom is -0.464 e. The van der Waals surface area contributed by atoms with Crippen molar-refractivity contribution in [1.29, 1.82) is 0 Å². The second-order valence-corrected chi connectivity index (χ2v) is 16.5. The van der Waals surface area contributed by atoms with Gasteiger partial charge >= 0.3 is 11.9 Å². The summed E-state index contributed by atoms with van der Waals surface area (Å²) in [5.74, 6) is 0.298. The van der Waals surface area contributed by atoms with E-state index in [1.54, 1.807) is 12.1 Å². The van der Waals surface area contributed by atoms with E-state index in [2.05, 4.69) is 49.6 Å². The molecule has 60 heavy (non-hydrogen) atoms. The fraction of sp³-hybridized carbons (Fsp3) is 0.348. The van der Waals surface area contributed by atoms with Crippen molar-refractivity contribution >= 4 is 46.8 Å². The molecule has 310 valence electrons. The second kappa shape index (κ2) is 15.2. The zero-order valence-corrected chi connectivity index (χ0v) is 33.9. The average Bonchev–Trinajstić information content (AvgIpc) is 3.52. The van der Waals surface area contributed by atoms with Gasteiger partial charge in [0.05, 0.1) is 33.8 Å². The Hall–Kier alpha value is -6.70. The third-order valence-corrected chi connectivity index (χ3v) is 12.4. The first-order valence-electron chi connectivity index (χ1n) is 20.1. The van der Waals surface area contributed by atoms with Gasteiger partial charge in [0.1, 0.15) is 24.7 Å². The van der Waals surface area contributed by atoms with E-state index < -0.39 is 32.1 Å². The van der Waals surface area contributed by atoms with Gasteiger partial charge in [-0.1, -0.05) is 36.4 Å². The Bertz CT molecular complexity index is 2290. The Balaban J connectivity index is 0.833. The highest BCUT2D eigenvalue weighted by Gasteiger charge is 2.60. The third-order valence-electron chi connectivity index (χ3n) is 12.4. The molecule has 0 bridgehead atoms. The SMILES string of the molecule is CC1(C)c2ccccc2N(CCOC(=O)CCCCC(=O)OCCN2c3ccccc3C(C)(C)C23C=Cc2cc([N+](=O)[O-])ccc2O3)C12C=Cc1cc([N+](=O)[O-])ccc1O2. The van der Waals surface area contributed by atoms with Crippen LogP contribution in [0.5, 0.6) is 11.5 Å². The summed E-state index contributed by atoms with van der Waals surface area (Å²) in [6.07, 6.45) is 8.73. The van der Waals surface area contributed by atoms with Crippen molar-refractivity contribution in [3.63, 3.8) is 0 Å². The van der Waals surface area contributed by atoms with Gasteiger partial charge in [0.25, 0.3) is 11.4 Å². The molecule has 0 saturated heterocycles. The molecule has 2 unspecified atom stereocenters. The Labute approximate surface area is 347 Å². The van der Waals surface area contributed by atoms with Crippen LogP contribution in [0.2, 0.25) is 0 Å². The number of rotatable bonds is 13. The lowest BCUT2D eigenvalue weighted by Gasteiger charge is -2.47. The quantitative estimate of drug-likeness (QED) is 0.0547. The average molecular weight is 815 g/mol. The Morgan fingerprint density at radius 3 is 1.42 bits per heavy atom. The maximum absolute atomic E-state index is 12.9. The Kier molecular flexibility index (Phi) is 10.1. The number of nitro groups is 2. The number of para-hydroxylation sites is 2. The predicted octanol–water partition coefficient (Wildman–Crippen LogP) is 8.65. The molecule has 14 nitrogen and oxygen atoms in total. The van der Waals surface area contributed by atoms with Crippen LogP contribution >= 0.6 is 0 Å². The van der Waals surface area contributed by atoms with E-state index in [0.29, 0.717) is 48.6 Å². The minimum atomic E-state index is -0.974. The van der Waals surface area contributed by atoms with Crippen molar-refractivity contribution in [2.75, 3.05) is 36.1 Å². The molecule has 0 fully saturated rings. The summed E-state index contributed by atoms with van der Waals surface area (Å²) in [5, 5.41) is 22.8. The van der Waals surface area contributed by atoms with E-state index in [-0.39, 0.29) is 49.4 Å². The van der Waals surface area contributed by atoms with Crippen LogP contribution in [0.1, 0.15) is 75.6 Å². The lowest BCUT2D eigenvalue weighted by atomic mass is 9.76. The lowest BCUT2D eigenvalue weighted by molar-refractivity contribution is -0.385.